The first kappa shape index (κ1) is 34.9. The number of fused-ring (bicyclic) bond motifs is 5. The molecule has 0 saturated carbocycles. The summed E-state index contributed by atoms with van der Waals surface area (Å²) < 4.78 is 36.5. The standard InChI is InChI=1S/C36H38O16/c1-10-5-15-21(11(2)47-10)28(42)23-17(39)8-19-32(24(23)26(15)40)51-34-16-6-14(38)7-18(49-35-31(45)30(44)27(41)20(9-37)50-35)22(16)29(43)25-12(3)48-13(4)33(46)36(25,34)52-19/h6-8,10-13,20,25,27,30-31,33-35,37-39,41,44-46H,5,9H2,1-4H3. The van der Waals surface area contributed by atoms with Crippen molar-refractivity contribution in [2.75, 3.05) is 6.61 Å². The fraction of sp³-hybridized carbons (Fsp3) is 0.528. The summed E-state index contributed by atoms with van der Waals surface area (Å²) in [6.07, 6.45) is -14.5. The van der Waals surface area contributed by atoms with E-state index in [-0.39, 0.29) is 57.1 Å². The fourth-order valence-electron chi connectivity index (χ4n) is 8.86. The number of aliphatic hydroxyl groups is 5. The second-order valence-electron chi connectivity index (χ2n) is 14.3. The number of Topliss-reactive ketones (excluding diaryl/α,β-unsaturated/α-hetero) is 3. The number of hydrogen-bond acceptors (Lipinski definition) is 16. The summed E-state index contributed by atoms with van der Waals surface area (Å²) in [5, 5.41) is 75.3. The molecule has 2 fully saturated rings. The molecule has 4 heterocycles. The van der Waals surface area contributed by atoms with Crippen LogP contribution in [0.2, 0.25) is 0 Å². The van der Waals surface area contributed by atoms with Crippen LogP contribution in [-0.4, -0.2) is 127 Å². The minimum atomic E-state index is -1.99. The van der Waals surface area contributed by atoms with Gasteiger partial charge in [0, 0.05) is 35.3 Å². The third kappa shape index (κ3) is 4.65. The van der Waals surface area contributed by atoms with Gasteiger partial charge in [-0.25, -0.2) is 0 Å². The van der Waals surface area contributed by atoms with E-state index in [4.69, 9.17) is 28.4 Å². The van der Waals surface area contributed by atoms with Crippen molar-refractivity contribution in [3.8, 4) is 28.7 Å². The maximum absolute atomic E-state index is 14.7. The van der Waals surface area contributed by atoms with Crippen LogP contribution in [0.4, 0.5) is 0 Å². The van der Waals surface area contributed by atoms with Gasteiger partial charge in [0.2, 0.25) is 6.29 Å². The first-order valence-electron chi connectivity index (χ1n) is 17.1. The van der Waals surface area contributed by atoms with Crippen LogP contribution in [0, 0.1) is 5.92 Å². The second-order valence-corrected chi connectivity index (χ2v) is 14.3. The maximum Gasteiger partial charge on any atom is 0.229 e. The van der Waals surface area contributed by atoms with Gasteiger partial charge in [0.25, 0.3) is 0 Å². The predicted molar refractivity (Wildman–Crippen MR) is 171 cm³/mol. The SMILES string of the molecule is CC1CC2=C(C(=O)c3c(O)cc4c(c3C2=O)OC2c3cc(O)cc(OC5OC(CO)C(O)C(O)C5O)c3C(=O)C3C(C)OC(C)C(O)C23O4)C(C)O1. The number of phenols is 2. The average molecular weight is 727 g/mol. The molecule has 6 aliphatic rings. The zero-order chi connectivity index (χ0) is 37.3. The van der Waals surface area contributed by atoms with E-state index < -0.39 is 114 Å². The zero-order valence-electron chi connectivity index (χ0n) is 28.4. The molecule has 13 atom stereocenters. The minimum absolute atomic E-state index is 0.0727. The third-order valence-electron chi connectivity index (χ3n) is 11.1. The highest BCUT2D eigenvalue weighted by molar-refractivity contribution is 6.29. The molecular weight excluding hydrogens is 688 g/mol. The molecule has 0 bridgehead atoms. The Morgan fingerprint density at radius 3 is 2.29 bits per heavy atom. The summed E-state index contributed by atoms with van der Waals surface area (Å²) in [6, 6.07) is 3.33. The Kier molecular flexibility index (Phi) is 8.02. The molecule has 2 aliphatic carbocycles. The lowest BCUT2D eigenvalue weighted by atomic mass is 9.62. The highest BCUT2D eigenvalue weighted by Gasteiger charge is 2.69. The topological polar surface area (TPSA) is 248 Å². The number of aromatic hydroxyl groups is 2. The molecule has 16 nitrogen and oxygen atoms in total. The highest BCUT2D eigenvalue weighted by atomic mass is 16.7. The number of carbonyl (C=O) groups excluding carboxylic acids is 3. The van der Waals surface area contributed by atoms with Gasteiger partial charge in [0.1, 0.15) is 47.8 Å². The van der Waals surface area contributed by atoms with Crippen molar-refractivity contribution in [2.45, 2.75) is 107 Å². The lowest BCUT2D eigenvalue weighted by Gasteiger charge is -2.58. The number of hydrogen-bond donors (Lipinski definition) is 7. The molecule has 0 amide bonds. The van der Waals surface area contributed by atoms with Crippen molar-refractivity contribution >= 4 is 17.3 Å². The molecule has 278 valence electrons. The Hall–Kier alpha value is -4.13. The molecule has 16 heteroatoms. The number of ketones is 3. The Labute approximate surface area is 295 Å². The largest absolute Gasteiger partial charge is 0.508 e. The molecule has 7 N–H and O–H groups in total. The van der Waals surface area contributed by atoms with Crippen LogP contribution < -0.4 is 14.2 Å². The molecule has 1 spiro atoms. The number of ether oxygens (including phenoxy) is 6. The molecule has 2 saturated heterocycles. The minimum Gasteiger partial charge on any atom is -0.508 e. The van der Waals surface area contributed by atoms with Crippen molar-refractivity contribution in [3.05, 3.63) is 51.6 Å². The molecule has 13 unspecified atom stereocenters. The van der Waals surface area contributed by atoms with E-state index in [2.05, 4.69) is 0 Å². The Morgan fingerprint density at radius 2 is 1.58 bits per heavy atom. The van der Waals surface area contributed by atoms with Gasteiger partial charge < -0.3 is 64.2 Å². The van der Waals surface area contributed by atoms with Crippen molar-refractivity contribution in [2.24, 2.45) is 5.92 Å². The van der Waals surface area contributed by atoms with Gasteiger partial charge in [-0.05, 0) is 33.8 Å². The third-order valence-corrected chi connectivity index (χ3v) is 11.1. The lowest BCUT2D eigenvalue weighted by molar-refractivity contribution is -0.277. The predicted octanol–water partition coefficient (Wildman–Crippen LogP) is 0.381. The summed E-state index contributed by atoms with van der Waals surface area (Å²) >= 11 is 0. The van der Waals surface area contributed by atoms with Crippen molar-refractivity contribution in [3.63, 3.8) is 0 Å². The van der Waals surface area contributed by atoms with Gasteiger partial charge in [-0.3, -0.25) is 14.4 Å². The summed E-state index contributed by atoms with van der Waals surface area (Å²) in [5.41, 5.74) is -2.56. The van der Waals surface area contributed by atoms with Crippen LogP contribution >= 0.6 is 0 Å². The normalized spacial score (nSPS) is 39.2. The highest BCUT2D eigenvalue weighted by Crippen LogP contribution is 2.61. The van der Waals surface area contributed by atoms with Gasteiger partial charge >= 0.3 is 0 Å². The van der Waals surface area contributed by atoms with E-state index >= 15 is 0 Å². The smallest absolute Gasteiger partial charge is 0.229 e. The van der Waals surface area contributed by atoms with E-state index in [9.17, 15) is 50.1 Å². The molecule has 8 rings (SSSR count). The zero-order valence-corrected chi connectivity index (χ0v) is 28.4. The van der Waals surface area contributed by atoms with Crippen LogP contribution in [0.25, 0.3) is 0 Å². The monoisotopic (exact) mass is 726 g/mol. The van der Waals surface area contributed by atoms with Crippen molar-refractivity contribution in [1.82, 2.24) is 0 Å². The van der Waals surface area contributed by atoms with Crippen molar-refractivity contribution in [1.29, 1.82) is 0 Å². The van der Waals surface area contributed by atoms with Crippen LogP contribution in [0.1, 0.15) is 76.9 Å². The quantitative estimate of drug-likeness (QED) is 0.226. The van der Waals surface area contributed by atoms with Gasteiger partial charge in [-0.15, -0.1) is 0 Å². The maximum atomic E-state index is 14.7. The molecule has 0 radical (unpaired) electrons. The van der Waals surface area contributed by atoms with Crippen molar-refractivity contribution < 1.29 is 78.6 Å². The second kappa shape index (κ2) is 11.9. The Bertz CT molecular complexity index is 1940. The van der Waals surface area contributed by atoms with Gasteiger partial charge in [0.15, 0.2) is 40.6 Å². The number of rotatable bonds is 3. The summed E-state index contributed by atoms with van der Waals surface area (Å²) in [5.74, 6) is -5.16. The summed E-state index contributed by atoms with van der Waals surface area (Å²) in [6.45, 7) is 5.79. The lowest BCUT2D eigenvalue weighted by Crippen LogP contribution is -2.72. The fourth-order valence-corrected chi connectivity index (χ4v) is 8.86. The summed E-state index contributed by atoms with van der Waals surface area (Å²) in [7, 11) is 0. The Balaban J connectivity index is 1.31. The molecule has 2 aromatic rings. The first-order chi connectivity index (χ1) is 24.6. The van der Waals surface area contributed by atoms with Crippen LogP contribution in [0.3, 0.4) is 0 Å². The van der Waals surface area contributed by atoms with Crippen LogP contribution in [0.15, 0.2) is 29.3 Å². The van der Waals surface area contributed by atoms with Crippen LogP contribution in [-0.2, 0) is 14.2 Å². The Morgan fingerprint density at radius 1 is 0.846 bits per heavy atom. The van der Waals surface area contributed by atoms with Gasteiger partial charge in [0.05, 0.1) is 53.6 Å². The van der Waals surface area contributed by atoms with Crippen LogP contribution in [0.5, 0.6) is 28.7 Å². The molecule has 4 aliphatic heterocycles. The van der Waals surface area contributed by atoms with Gasteiger partial charge in [-0.1, -0.05) is 0 Å². The summed E-state index contributed by atoms with van der Waals surface area (Å²) in [4.78, 5) is 42.9. The number of aliphatic hydroxyl groups excluding tert-OH is 5. The van der Waals surface area contributed by atoms with E-state index in [1.54, 1.807) is 27.7 Å². The van der Waals surface area contributed by atoms with E-state index in [1.165, 1.54) is 6.07 Å². The van der Waals surface area contributed by atoms with E-state index in [1.807, 2.05) is 0 Å². The van der Waals surface area contributed by atoms with E-state index in [0.29, 0.717) is 0 Å². The van der Waals surface area contributed by atoms with E-state index in [0.717, 1.165) is 12.1 Å². The number of benzene rings is 2. The first-order valence-corrected chi connectivity index (χ1v) is 17.1. The number of carbonyl (C=O) groups is 3. The molecule has 0 aromatic heterocycles. The molecule has 2 aromatic carbocycles. The number of phenolic OH excluding ortho intramolecular Hbond substituents is 2. The van der Waals surface area contributed by atoms with Gasteiger partial charge in [-0.2, -0.15) is 0 Å². The molecular formula is C36H38O16. The average Bonchev–Trinajstić information content (AvgIpc) is 3.08. The molecule has 52 heavy (non-hydrogen) atoms.